The summed E-state index contributed by atoms with van der Waals surface area (Å²) in [7, 11) is 1.85. The molecular formula is C18H19FN3O+. The van der Waals surface area contributed by atoms with Gasteiger partial charge in [-0.2, -0.15) is 5.26 Å². The number of hydrogen-bond acceptors (Lipinski definition) is 2. The minimum absolute atomic E-state index is 0.133. The lowest BCUT2D eigenvalue weighted by Crippen LogP contribution is -3.08. The highest BCUT2D eigenvalue weighted by atomic mass is 19.1. The van der Waals surface area contributed by atoms with Crippen molar-refractivity contribution in [1.29, 1.82) is 5.26 Å². The molecule has 2 aromatic rings. The van der Waals surface area contributed by atoms with Crippen LogP contribution in [-0.4, -0.2) is 19.5 Å². The van der Waals surface area contributed by atoms with Crippen molar-refractivity contribution in [3.63, 3.8) is 0 Å². The Balaban J connectivity index is 1.86. The average molecular weight is 312 g/mol. The molecule has 0 radical (unpaired) electrons. The van der Waals surface area contributed by atoms with Crippen LogP contribution in [0.5, 0.6) is 0 Å². The van der Waals surface area contributed by atoms with E-state index in [2.05, 4.69) is 11.4 Å². The highest BCUT2D eigenvalue weighted by Gasteiger charge is 2.12. The summed E-state index contributed by atoms with van der Waals surface area (Å²) in [5.41, 5.74) is 2.20. The van der Waals surface area contributed by atoms with Gasteiger partial charge in [-0.05, 0) is 23.8 Å². The topological polar surface area (TPSA) is 57.3 Å². The summed E-state index contributed by atoms with van der Waals surface area (Å²) < 4.78 is 13.6. The first-order valence-corrected chi connectivity index (χ1v) is 7.39. The number of carbonyl (C=O) groups excluding carboxylic acids is 1. The van der Waals surface area contributed by atoms with Crippen molar-refractivity contribution in [2.45, 2.75) is 13.0 Å². The molecule has 0 heterocycles. The maximum absolute atomic E-state index is 13.6. The van der Waals surface area contributed by atoms with Gasteiger partial charge in [0.15, 0.2) is 6.54 Å². The lowest BCUT2D eigenvalue weighted by molar-refractivity contribution is -0.885. The molecule has 2 N–H and O–H groups in total. The number of halogens is 1. The predicted molar refractivity (Wildman–Crippen MR) is 86.2 cm³/mol. The molecule has 0 aliphatic heterocycles. The maximum Gasteiger partial charge on any atom is 0.279 e. The van der Waals surface area contributed by atoms with E-state index in [9.17, 15) is 9.18 Å². The van der Waals surface area contributed by atoms with Gasteiger partial charge in [0.25, 0.3) is 5.91 Å². The van der Waals surface area contributed by atoms with Crippen LogP contribution in [0, 0.1) is 17.1 Å². The third-order valence-corrected chi connectivity index (χ3v) is 3.43. The summed E-state index contributed by atoms with van der Waals surface area (Å²) in [6.07, 6.45) is 0.351. The molecule has 4 nitrogen and oxygen atoms in total. The molecule has 0 aliphatic carbocycles. The molecule has 0 aromatic heterocycles. The lowest BCUT2D eigenvalue weighted by Gasteiger charge is -2.14. The van der Waals surface area contributed by atoms with E-state index < -0.39 is 0 Å². The summed E-state index contributed by atoms with van der Waals surface area (Å²) in [6.45, 7) is 0.690. The normalized spacial score (nSPS) is 11.5. The van der Waals surface area contributed by atoms with Crippen LogP contribution in [0.15, 0.2) is 48.5 Å². The second-order valence-corrected chi connectivity index (χ2v) is 5.48. The van der Waals surface area contributed by atoms with Crippen molar-refractivity contribution in [1.82, 2.24) is 0 Å². The zero-order valence-electron chi connectivity index (χ0n) is 13.0. The second kappa shape index (κ2) is 8.06. The Morgan fingerprint density at radius 1 is 1.22 bits per heavy atom. The van der Waals surface area contributed by atoms with E-state index in [1.165, 1.54) is 6.07 Å². The van der Waals surface area contributed by atoms with Crippen LogP contribution in [0.3, 0.4) is 0 Å². The minimum atomic E-state index is -0.250. The minimum Gasteiger partial charge on any atom is -0.326 e. The van der Waals surface area contributed by atoms with Crippen LogP contribution in [0.2, 0.25) is 0 Å². The summed E-state index contributed by atoms with van der Waals surface area (Å²) in [5.74, 6) is -0.382. The monoisotopic (exact) mass is 312 g/mol. The van der Waals surface area contributed by atoms with E-state index in [1.54, 1.807) is 30.3 Å². The van der Waals surface area contributed by atoms with Crippen molar-refractivity contribution in [2.75, 3.05) is 18.9 Å². The fourth-order valence-electron chi connectivity index (χ4n) is 2.31. The number of hydrogen-bond donors (Lipinski definition) is 2. The summed E-state index contributed by atoms with van der Waals surface area (Å²) in [4.78, 5) is 12.9. The molecule has 1 amide bonds. The number of nitrogens with one attached hydrogen (secondary N) is 2. The Morgan fingerprint density at radius 3 is 2.57 bits per heavy atom. The van der Waals surface area contributed by atoms with E-state index in [0.29, 0.717) is 24.2 Å². The van der Waals surface area contributed by atoms with Gasteiger partial charge in [0.1, 0.15) is 12.4 Å². The van der Waals surface area contributed by atoms with E-state index in [1.807, 2.05) is 19.2 Å². The number of quaternary nitrogens is 1. The van der Waals surface area contributed by atoms with E-state index in [0.717, 1.165) is 10.5 Å². The quantitative estimate of drug-likeness (QED) is 0.850. The number of anilines is 1. The maximum atomic E-state index is 13.6. The van der Waals surface area contributed by atoms with Gasteiger partial charge in [-0.25, -0.2) is 4.39 Å². The number of carbonyl (C=O) groups is 1. The molecule has 0 bridgehead atoms. The van der Waals surface area contributed by atoms with Crippen molar-refractivity contribution >= 4 is 11.6 Å². The number of amides is 1. The highest BCUT2D eigenvalue weighted by molar-refractivity contribution is 5.91. The zero-order valence-corrected chi connectivity index (χ0v) is 13.0. The Bertz CT molecular complexity index is 707. The predicted octanol–water partition coefficient (Wildman–Crippen LogP) is 1.55. The van der Waals surface area contributed by atoms with Gasteiger partial charge in [0.2, 0.25) is 0 Å². The van der Waals surface area contributed by atoms with Crippen molar-refractivity contribution in [3.05, 3.63) is 65.5 Å². The molecule has 0 saturated heterocycles. The Labute approximate surface area is 135 Å². The standard InChI is InChI=1S/C18H18FN3O/c1-22(12-15-4-2-3-5-17(15)19)13-18(23)21-16-8-6-14(7-9-16)10-11-20/h2-9H,10,12-13H2,1H3,(H,21,23)/p+1. The molecule has 0 spiro atoms. The van der Waals surface area contributed by atoms with Crippen molar-refractivity contribution in [3.8, 4) is 6.07 Å². The molecule has 5 heteroatoms. The third-order valence-electron chi connectivity index (χ3n) is 3.43. The first kappa shape index (κ1) is 16.7. The highest BCUT2D eigenvalue weighted by Crippen LogP contribution is 2.09. The molecular weight excluding hydrogens is 293 g/mol. The van der Waals surface area contributed by atoms with Crippen molar-refractivity contribution < 1.29 is 14.1 Å². The number of benzene rings is 2. The fraction of sp³-hybridized carbons (Fsp3) is 0.222. The van der Waals surface area contributed by atoms with Crippen LogP contribution >= 0.6 is 0 Å². The van der Waals surface area contributed by atoms with E-state index in [4.69, 9.17) is 5.26 Å². The Hall–Kier alpha value is -2.71. The van der Waals surface area contributed by atoms with E-state index >= 15 is 0 Å². The largest absolute Gasteiger partial charge is 0.326 e. The molecule has 23 heavy (non-hydrogen) atoms. The van der Waals surface area contributed by atoms with Gasteiger partial charge in [0.05, 0.1) is 19.5 Å². The summed E-state index contributed by atoms with van der Waals surface area (Å²) in [5, 5.41) is 11.4. The van der Waals surface area contributed by atoms with Gasteiger partial charge in [0, 0.05) is 11.3 Å². The molecule has 2 aromatic carbocycles. The Kier molecular flexibility index (Phi) is 5.84. The number of rotatable bonds is 6. The lowest BCUT2D eigenvalue weighted by atomic mass is 10.1. The third kappa shape index (κ3) is 5.20. The van der Waals surface area contributed by atoms with Crippen LogP contribution in [-0.2, 0) is 17.8 Å². The Morgan fingerprint density at radius 2 is 1.91 bits per heavy atom. The molecule has 118 valence electrons. The number of nitrogens with zero attached hydrogens (tertiary/aromatic N) is 1. The van der Waals surface area contributed by atoms with Crippen LogP contribution in [0.1, 0.15) is 11.1 Å². The van der Waals surface area contributed by atoms with Gasteiger partial charge in [-0.1, -0.05) is 30.3 Å². The summed E-state index contributed by atoms with van der Waals surface area (Å²) in [6, 6.07) is 15.8. The van der Waals surface area contributed by atoms with Gasteiger partial charge in [-0.3, -0.25) is 4.79 Å². The first-order valence-electron chi connectivity index (χ1n) is 7.39. The second-order valence-electron chi connectivity index (χ2n) is 5.48. The number of nitriles is 1. The molecule has 1 atom stereocenters. The molecule has 2 rings (SSSR count). The molecule has 0 saturated carbocycles. The molecule has 1 unspecified atom stereocenters. The fourth-order valence-corrected chi connectivity index (χ4v) is 2.31. The van der Waals surface area contributed by atoms with Gasteiger partial charge >= 0.3 is 0 Å². The van der Waals surface area contributed by atoms with E-state index in [-0.39, 0.29) is 18.3 Å². The average Bonchev–Trinajstić information content (AvgIpc) is 2.51. The smallest absolute Gasteiger partial charge is 0.279 e. The van der Waals surface area contributed by atoms with Crippen LogP contribution in [0.25, 0.3) is 0 Å². The first-order chi connectivity index (χ1) is 11.1. The van der Waals surface area contributed by atoms with Crippen LogP contribution < -0.4 is 10.2 Å². The summed E-state index contributed by atoms with van der Waals surface area (Å²) >= 11 is 0. The van der Waals surface area contributed by atoms with Crippen LogP contribution in [0.4, 0.5) is 10.1 Å². The number of likely N-dealkylation sites (N-methyl/N-ethyl adjacent to an activating group) is 1. The molecule has 0 fully saturated rings. The van der Waals surface area contributed by atoms with Gasteiger partial charge < -0.3 is 10.2 Å². The SMILES string of the molecule is C[NH+](CC(=O)Nc1ccc(CC#N)cc1)Cc1ccccc1F. The van der Waals surface area contributed by atoms with Crippen molar-refractivity contribution in [2.24, 2.45) is 0 Å². The van der Waals surface area contributed by atoms with Gasteiger partial charge in [-0.15, -0.1) is 0 Å². The zero-order chi connectivity index (χ0) is 16.7. The molecule has 0 aliphatic rings.